The molecule has 0 heterocycles. The van der Waals surface area contributed by atoms with Gasteiger partial charge in [-0.3, -0.25) is 0 Å². The van der Waals surface area contributed by atoms with E-state index in [0.717, 1.165) is 11.1 Å². The third-order valence-corrected chi connectivity index (χ3v) is 3.32. The van der Waals surface area contributed by atoms with Gasteiger partial charge in [0.1, 0.15) is 0 Å². The summed E-state index contributed by atoms with van der Waals surface area (Å²) in [5.41, 5.74) is 2.45. The van der Waals surface area contributed by atoms with Gasteiger partial charge in [-0.05, 0) is 66.6 Å². The van der Waals surface area contributed by atoms with Gasteiger partial charge in [-0.25, -0.2) is 0 Å². The number of hydrogen-bond acceptors (Lipinski definition) is 2. The van der Waals surface area contributed by atoms with Crippen molar-refractivity contribution in [2.24, 2.45) is 0 Å². The third kappa shape index (κ3) is 3.96. The Morgan fingerprint density at radius 1 is 0.750 bits per heavy atom. The van der Waals surface area contributed by atoms with Crippen molar-refractivity contribution in [3.63, 3.8) is 0 Å². The van der Waals surface area contributed by atoms with Crippen LogP contribution in [-0.2, 0) is 0 Å². The minimum Gasteiger partial charge on any atom is -0.192 e. The van der Waals surface area contributed by atoms with Crippen molar-refractivity contribution in [3.8, 4) is 29.8 Å². The Hall–Kier alpha value is -2.60. The number of benzene rings is 2. The molecule has 2 aromatic rings. The molecule has 0 bridgehead atoms. The van der Waals surface area contributed by atoms with E-state index < -0.39 is 0 Å². The molecule has 0 radical (unpaired) electrons. The number of nitrogens with zero attached hydrogens (tertiary/aromatic N) is 1. The maximum Gasteiger partial charge on any atom is 0.0991 e. The van der Waals surface area contributed by atoms with E-state index in [9.17, 15) is 0 Å². The maximum atomic E-state index is 8.70. The summed E-state index contributed by atoms with van der Waals surface area (Å²) in [5.74, 6) is 11.6. The van der Waals surface area contributed by atoms with Crippen molar-refractivity contribution >= 4 is 11.8 Å². The van der Waals surface area contributed by atoms with Crippen molar-refractivity contribution in [1.82, 2.24) is 0 Å². The number of nitriles is 1. The summed E-state index contributed by atoms with van der Waals surface area (Å²) in [6.07, 6.45) is 2.05. The van der Waals surface area contributed by atoms with E-state index in [1.54, 1.807) is 23.9 Å². The summed E-state index contributed by atoms with van der Waals surface area (Å²) in [4.78, 5) is 1.22. The fraction of sp³-hybridized carbons (Fsp3) is 0.0556. The molecule has 0 atom stereocenters. The Kier molecular flexibility index (Phi) is 4.91. The zero-order valence-electron chi connectivity index (χ0n) is 11.0. The first-order chi connectivity index (χ1) is 9.81. The van der Waals surface area contributed by atoms with Gasteiger partial charge in [0.15, 0.2) is 0 Å². The lowest BCUT2D eigenvalue weighted by Gasteiger charge is -1.93. The molecule has 0 aromatic heterocycles. The Bertz CT molecular complexity index is 742. The van der Waals surface area contributed by atoms with Gasteiger partial charge in [-0.2, -0.15) is 5.26 Å². The fourth-order valence-electron chi connectivity index (χ4n) is 1.51. The van der Waals surface area contributed by atoms with Crippen LogP contribution in [0.25, 0.3) is 0 Å². The van der Waals surface area contributed by atoms with Crippen LogP contribution in [0, 0.1) is 35.0 Å². The molecule has 94 valence electrons. The molecule has 2 aromatic carbocycles. The molecule has 0 aliphatic carbocycles. The molecule has 0 saturated heterocycles. The average Bonchev–Trinajstić information content (AvgIpc) is 2.53. The second-order valence-electron chi connectivity index (χ2n) is 3.92. The minimum atomic E-state index is 0.635. The molecular formula is C18H11NS. The molecule has 0 N–H and O–H groups in total. The summed E-state index contributed by atoms with van der Waals surface area (Å²) in [7, 11) is 0. The topological polar surface area (TPSA) is 23.8 Å². The van der Waals surface area contributed by atoms with Crippen molar-refractivity contribution in [3.05, 3.63) is 65.2 Å². The average molecular weight is 273 g/mol. The van der Waals surface area contributed by atoms with E-state index in [4.69, 9.17) is 5.26 Å². The van der Waals surface area contributed by atoms with Crippen molar-refractivity contribution < 1.29 is 0 Å². The summed E-state index contributed by atoms with van der Waals surface area (Å²) < 4.78 is 0. The molecule has 0 aliphatic heterocycles. The van der Waals surface area contributed by atoms with Crippen LogP contribution in [0.4, 0.5) is 0 Å². The fourth-order valence-corrected chi connectivity index (χ4v) is 1.92. The number of thioether (sulfide) groups is 1. The second kappa shape index (κ2) is 7.10. The lowest BCUT2D eigenvalue weighted by atomic mass is 10.1. The monoisotopic (exact) mass is 273 g/mol. The molecule has 0 aliphatic rings. The molecule has 1 nitrogen and oxygen atoms in total. The number of rotatable bonds is 1. The van der Waals surface area contributed by atoms with Crippen molar-refractivity contribution in [1.29, 1.82) is 5.26 Å². The zero-order chi connectivity index (χ0) is 14.2. The second-order valence-corrected chi connectivity index (χ2v) is 4.80. The molecule has 2 heteroatoms. The van der Waals surface area contributed by atoms with Crippen LogP contribution >= 0.6 is 11.8 Å². The van der Waals surface area contributed by atoms with Gasteiger partial charge in [0.05, 0.1) is 11.6 Å². The molecular weight excluding hydrogens is 262 g/mol. The Morgan fingerprint density at radius 3 is 1.65 bits per heavy atom. The Balaban J connectivity index is 2.06. The highest BCUT2D eigenvalue weighted by Crippen LogP contribution is 2.14. The van der Waals surface area contributed by atoms with Crippen LogP contribution in [-0.4, -0.2) is 6.26 Å². The Morgan fingerprint density at radius 2 is 1.20 bits per heavy atom. The van der Waals surface area contributed by atoms with Gasteiger partial charge in [-0.15, -0.1) is 11.8 Å². The van der Waals surface area contributed by atoms with Crippen LogP contribution in [0.5, 0.6) is 0 Å². The standard InChI is InChI=1S/C18H11NS/c1-20-18-12-10-16(11-13-18)5-3-2-4-15-6-8-17(14-19)9-7-15/h6-13H,1H3. The quantitative estimate of drug-likeness (QED) is 0.584. The lowest BCUT2D eigenvalue weighted by molar-refractivity contribution is 1.45. The summed E-state index contributed by atoms with van der Waals surface area (Å²) in [5, 5.41) is 8.70. The normalized spacial score (nSPS) is 8.60. The first-order valence-corrected chi connectivity index (χ1v) is 7.20. The molecule has 2 rings (SSSR count). The molecule has 20 heavy (non-hydrogen) atoms. The highest BCUT2D eigenvalue weighted by atomic mass is 32.2. The molecule has 0 unspecified atom stereocenters. The predicted molar refractivity (Wildman–Crippen MR) is 83.1 cm³/mol. The summed E-state index contributed by atoms with van der Waals surface area (Å²) in [6, 6.07) is 17.3. The SMILES string of the molecule is CSc1ccc(C#CC#Cc2ccc(C#N)cc2)cc1. The molecule has 0 spiro atoms. The van der Waals surface area contributed by atoms with Crippen LogP contribution in [0.1, 0.15) is 16.7 Å². The van der Waals surface area contributed by atoms with Gasteiger partial charge in [0.25, 0.3) is 0 Å². The van der Waals surface area contributed by atoms with E-state index >= 15 is 0 Å². The highest BCUT2D eigenvalue weighted by molar-refractivity contribution is 7.98. The van der Waals surface area contributed by atoms with Gasteiger partial charge in [-0.1, -0.05) is 11.8 Å². The Labute approximate surface area is 123 Å². The van der Waals surface area contributed by atoms with Gasteiger partial charge >= 0.3 is 0 Å². The first kappa shape index (κ1) is 13.8. The molecule has 0 fully saturated rings. The van der Waals surface area contributed by atoms with E-state index in [1.165, 1.54) is 4.90 Å². The summed E-state index contributed by atoms with van der Waals surface area (Å²) in [6.45, 7) is 0. The smallest absolute Gasteiger partial charge is 0.0991 e. The van der Waals surface area contributed by atoms with Gasteiger partial charge in [0, 0.05) is 16.0 Å². The molecule has 0 saturated carbocycles. The first-order valence-electron chi connectivity index (χ1n) is 5.98. The van der Waals surface area contributed by atoms with E-state index in [0.29, 0.717) is 5.56 Å². The van der Waals surface area contributed by atoms with Gasteiger partial charge < -0.3 is 0 Å². The zero-order valence-corrected chi connectivity index (χ0v) is 11.8. The highest BCUT2D eigenvalue weighted by Gasteiger charge is 1.89. The largest absolute Gasteiger partial charge is 0.192 e. The van der Waals surface area contributed by atoms with Crippen LogP contribution in [0.2, 0.25) is 0 Å². The van der Waals surface area contributed by atoms with Gasteiger partial charge in [0.2, 0.25) is 0 Å². The van der Waals surface area contributed by atoms with E-state index in [1.807, 2.05) is 42.7 Å². The van der Waals surface area contributed by atoms with E-state index in [-0.39, 0.29) is 0 Å². The van der Waals surface area contributed by atoms with Crippen LogP contribution < -0.4 is 0 Å². The van der Waals surface area contributed by atoms with Crippen LogP contribution in [0.3, 0.4) is 0 Å². The predicted octanol–water partition coefficient (Wildman–Crippen LogP) is 3.68. The number of hydrogen-bond donors (Lipinski definition) is 0. The summed E-state index contributed by atoms with van der Waals surface area (Å²) >= 11 is 1.71. The maximum absolute atomic E-state index is 8.70. The van der Waals surface area contributed by atoms with Crippen molar-refractivity contribution in [2.45, 2.75) is 4.90 Å². The lowest BCUT2D eigenvalue weighted by Crippen LogP contribution is -1.76. The van der Waals surface area contributed by atoms with E-state index in [2.05, 4.69) is 29.8 Å². The molecule has 0 amide bonds. The van der Waals surface area contributed by atoms with Crippen molar-refractivity contribution in [2.75, 3.05) is 6.26 Å². The third-order valence-electron chi connectivity index (χ3n) is 2.58. The minimum absolute atomic E-state index is 0.635. The van der Waals surface area contributed by atoms with Crippen LogP contribution in [0.15, 0.2) is 53.4 Å².